The van der Waals surface area contributed by atoms with Crippen LogP contribution in [0.4, 0.5) is 13.2 Å². The molecule has 6 rings (SSSR count). The number of hydrogen-bond acceptors (Lipinski definition) is 7. The van der Waals surface area contributed by atoms with Crippen LogP contribution < -0.4 is 14.8 Å². The average molecular weight is 631 g/mol. The number of carbonyl (C=O) groups excluding carboxylic acids is 1. The summed E-state index contributed by atoms with van der Waals surface area (Å²) >= 11 is 0. The van der Waals surface area contributed by atoms with Gasteiger partial charge >= 0.3 is 6.61 Å². The van der Waals surface area contributed by atoms with E-state index in [0.29, 0.717) is 46.1 Å². The molecular formula is C33H29F3N6O4. The number of rotatable bonds is 11. The molecule has 2 N–H and O–H groups in total. The van der Waals surface area contributed by atoms with E-state index in [9.17, 15) is 28.3 Å². The van der Waals surface area contributed by atoms with Gasteiger partial charge < -0.3 is 19.9 Å². The Morgan fingerprint density at radius 1 is 1.13 bits per heavy atom. The van der Waals surface area contributed by atoms with E-state index in [1.54, 1.807) is 36.3 Å². The molecule has 3 aromatic carbocycles. The van der Waals surface area contributed by atoms with Crippen molar-refractivity contribution < 1.29 is 32.5 Å². The maximum Gasteiger partial charge on any atom is 0.387 e. The van der Waals surface area contributed by atoms with Crippen LogP contribution in [0.1, 0.15) is 40.4 Å². The monoisotopic (exact) mass is 630 g/mol. The number of aliphatic hydroxyl groups is 1. The molecule has 13 heteroatoms. The van der Waals surface area contributed by atoms with Gasteiger partial charge in [-0.15, -0.1) is 0 Å². The highest BCUT2D eigenvalue weighted by Crippen LogP contribution is 2.41. The van der Waals surface area contributed by atoms with Gasteiger partial charge in [-0.2, -0.15) is 24.2 Å². The SMILES string of the molecule is COc1cc(-c2c3c(C#N)cc(-c4cnn(C[C@@H](O)c5ccccc5)c4)cc3nn2C)cc(OC(F)F)c1C(=O)NCC1(F)CC1. The van der Waals surface area contributed by atoms with Crippen molar-refractivity contribution in [1.82, 2.24) is 24.9 Å². The van der Waals surface area contributed by atoms with Crippen molar-refractivity contribution in [3.63, 3.8) is 0 Å². The highest BCUT2D eigenvalue weighted by Gasteiger charge is 2.43. The second kappa shape index (κ2) is 12.2. The third kappa shape index (κ3) is 6.12. The average Bonchev–Trinajstić information content (AvgIpc) is 3.43. The fourth-order valence-electron chi connectivity index (χ4n) is 5.42. The molecule has 0 saturated heterocycles. The third-order valence-electron chi connectivity index (χ3n) is 7.93. The van der Waals surface area contributed by atoms with E-state index < -0.39 is 30.0 Å². The predicted octanol–water partition coefficient (Wildman–Crippen LogP) is 5.55. The Balaban J connectivity index is 1.37. The zero-order valence-corrected chi connectivity index (χ0v) is 24.9. The predicted molar refractivity (Wildman–Crippen MR) is 162 cm³/mol. The molecule has 0 bridgehead atoms. The minimum absolute atomic E-state index is 0.0797. The Hall–Kier alpha value is -5.35. The summed E-state index contributed by atoms with van der Waals surface area (Å²) in [5, 5.41) is 32.7. The van der Waals surface area contributed by atoms with Crippen LogP contribution in [0.2, 0.25) is 0 Å². The number of methoxy groups -OCH3 is 1. The summed E-state index contributed by atoms with van der Waals surface area (Å²) in [6.45, 7) is -3.31. The molecule has 1 atom stereocenters. The van der Waals surface area contributed by atoms with Gasteiger partial charge in [0.1, 0.15) is 22.7 Å². The number of alkyl halides is 3. The molecule has 0 radical (unpaired) electrons. The Morgan fingerprint density at radius 3 is 2.54 bits per heavy atom. The molecule has 2 aromatic heterocycles. The third-order valence-corrected chi connectivity index (χ3v) is 7.93. The number of fused-ring (bicyclic) bond motifs is 1. The van der Waals surface area contributed by atoms with Gasteiger partial charge in [-0.1, -0.05) is 30.3 Å². The molecule has 1 aliphatic carbocycles. The summed E-state index contributed by atoms with van der Waals surface area (Å²) in [5.41, 5.74) is 1.68. The zero-order chi connectivity index (χ0) is 32.6. The Bertz CT molecular complexity index is 1960. The fourth-order valence-corrected chi connectivity index (χ4v) is 5.42. The number of hydrogen-bond donors (Lipinski definition) is 2. The zero-order valence-electron chi connectivity index (χ0n) is 24.9. The number of halogens is 3. The smallest absolute Gasteiger partial charge is 0.387 e. The van der Waals surface area contributed by atoms with Crippen molar-refractivity contribution in [1.29, 1.82) is 5.26 Å². The van der Waals surface area contributed by atoms with E-state index in [4.69, 9.17) is 9.47 Å². The Morgan fingerprint density at radius 2 is 1.87 bits per heavy atom. The van der Waals surface area contributed by atoms with Crippen LogP contribution in [-0.4, -0.2) is 56.5 Å². The van der Waals surface area contributed by atoms with E-state index in [0.717, 1.165) is 5.56 Å². The van der Waals surface area contributed by atoms with Gasteiger partial charge in [0, 0.05) is 29.8 Å². The summed E-state index contributed by atoms with van der Waals surface area (Å²) in [7, 11) is 2.91. The number of carbonyl (C=O) groups is 1. The number of aliphatic hydroxyl groups excluding tert-OH is 1. The van der Waals surface area contributed by atoms with Crippen LogP contribution in [0.25, 0.3) is 33.3 Å². The van der Waals surface area contributed by atoms with E-state index in [-0.39, 0.29) is 30.0 Å². The van der Waals surface area contributed by atoms with Crippen molar-refractivity contribution in [2.75, 3.05) is 13.7 Å². The maximum absolute atomic E-state index is 14.2. The van der Waals surface area contributed by atoms with Crippen LogP contribution in [-0.2, 0) is 13.6 Å². The van der Waals surface area contributed by atoms with Crippen LogP contribution in [0, 0.1) is 11.3 Å². The molecule has 2 heterocycles. The van der Waals surface area contributed by atoms with Gasteiger partial charge in [0.2, 0.25) is 0 Å². The first-order valence-electron chi connectivity index (χ1n) is 14.4. The van der Waals surface area contributed by atoms with Gasteiger partial charge in [-0.05, 0) is 48.2 Å². The number of nitrogens with one attached hydrogen (secondary N) is 1. The lowest BCUT2D eigenvalue weighted by Crippen LogP contribution is -2.31. The molecule has 0 unspecified atom stereocenters. The van der Waals surface area contributed by atoms with Crippen molar-refractivity contribution in [2.24, 2.45) is 7.05 Å². The minimum Gasteiger partial charge on any atom is -0.496 e. The number of benzene rings is 3. The van der Waals surface area contributed by atoms with Crippen molar-refractivity contribution in [2.45, 2.75) is 37.8 Å². The highest BCUT2D eigenvalue weighted by molar-refractivity contribution is 6.03. The largest absolute Gasteiger partial charge is 0.496 e. The first-order chi connectivity index (χ1) is 22.1. The molecule has 46 heavy (non-hydrogen) atoms. The fraction of sp³-hybridized carbons (Fsp3) is 0.273. The molecule has 10 nitrogen and oxygen atoms in total. The number of amides is 1. The molecule has 1 fully saturated rings. The van der Waals surface area contributed by atoms with Crippen LogP contribution >= 0.6 is 0 Å². The van der Waals surface area contributed by atoms with Crippen LogP contribution in [0.15, 0.2) is 67.0 Å². The lowest BCUT2D eigenvalue weighted by atomic mass is 9.97. The number of aryl methyl sites for hydroxylation is 1. The van der Waals surface area contributed by atoms with Crippen LogP contribution in [0.5, 0.6) is 11.5 Å². The van der Waals surface area contributed by atoms with Gasteiger partial charge in [0.05, 0.1) is 55.3 Å². The topological polar surface area (TPSA) is 127 Å². The first kappa shape index (κ1) is 30.7. The van der Waals surface area contributed by atoms with Gasteiger partial charge in [0.15, 0.2) is 0 Å². The first-order valence-corrected chi connectivity index (χ1v) is 14.4. The molecular weight excluding hydrogens is 601 g/mol. The molecule has 0 aliphatic heterocycles. The maximum atomic E-state index is 14.2. The standard InChI is InChI=1S/C33H29F3N6O4/c1-41-30(21-12-26(45-2)29(27(13-21)46-32(34)35)31(44)38-18-33(36)8-9-33)28-22(14-37)10-20(11-24(28)40-41)23-15-39-42(16-23)17-25(43)19-6-4-3-5-7-19/h3-7,10-13,15-16,25,32,43H,8-9,17-18H2,1-2H3,(H,38,44)/t25-/m1/s1. The van der Waals surface area contributed by atoms with E-state index >= 15 is 0 Å². The molecule has 236 valence electrons. The lowest BCUT2D eigenvalue weighted by Gasteiger charge is -2.17. The molecule has 0 spiro atoms. The van der Waals surface area contributed by atoms with Gasteiger partial charge in [0.25, 0.3) is 5.91 Å². The number of nitriles is 1. The Labute approximate surface area is 261 Å². The summed E-state index contributed by atoms with van der Waals surface area (Å²) in [6, 6.07) is 17.6. The summed E-state index contributed by atoms with van der Waals surface area (Å²) in [5.74, 6) is -1.37. The second-order valence-electron chi connectivity index (χ2n) is 11.1. The van der Waals surface area contributed by atoms with E-state index in [1.165, 1.54) is 23.9 Å². The van der Waals surface area contributed by atoms with E-state index in [2.05, 4.69) is 21.6 Å². The van der Waals surface area contributed by atoms with Gasteiger partial charge in [-0.3, -0.25) is 14.2 Å². The Kier molecular flexibility index (Phi) is 8.14. The van der Waals surface area contributed by atoms with E-state index in [1.807, 2.05) is 30.3 Å². The van der Waals surface area contributed by atoms with Gasteiger partial charge in [-0.25, -0.2) is 4.39 Å². The molecule has 1 amide bonds. The molecule has 1 saturated carbocycles. The van der Waals surface area contributed by atoms with Crippen molar-refractivity contribution in [3.05, 3.63) is 83.7 Å². The number of ether oxygens (including phenoxy) is 2. The highest BCUT2D eigenvalue weighted by atomic mass is 19.3. The second-order valence-corrected chi connectivity index (χ2v) is 11.1. The van der Waals surface area contributed by atoms with Crippen LogP contribution in [0.3, 0.4) is 0 Å². The number of nitrogens with zero attached hydrogens (tertiary/aromatic N) is 5. The molecule has 1 aliphatic rings. The minimum atomic E-state index is -3.27. The van der Waals surface area contributed by atoms with Crippen molar-refractivity contribution >= 4 is 16.8 Å². The van der Waals surface area contributed by atoms with Crippen molar-refractivity contribution in [3.8, 4) is 40.0 Å². The molecule has 5 aromatic rings. The summed E-state index contributed by atoms with van der Waals surface area (Å²) < 4.78 is 54.5. The quantitative estimate of drug-likeness (QED) is 0.196. The summed E-state index contributed by atoms with van der Waals surface area (Å²) in [6.07, 6.45) is 3.23. The lowest BCUT2D eigenvalue weighted by molar-refractivity contribution is -0.0502. The summed E-state index contributed by atoms with van der Waals surface area (Å²) in [4.78, 5) is 13.0. The number of aromatic nitrogens is 4. The normalized spacial score (nSPS) is 14.2.